The van der Waals surface area contributed by atoms with E-state index in [2.05, 4.69) is 60.8 Å². The molecule has 0 spiro atoms. The van der Waals surface area contributed by atoms with Gasteiger partial charge < -0.3 is 0 Å². The van der Waals surface area contributed by atoms with Crippen LogP contribution in [0.2, 0.25) is 0 Å². The molecule has 0 aromatic heterocycles. The van der Waals surface area contributed by atoms with Gasteiger partial charge in [-0.25, -0.2) is 0 Å². The van der Waals surface area contributed by atoms with Gasteiger partial charge in [0.1, 0.15) is 0 Å². The summed E-state index contributed by atoms with van der Waals surface area (Å²) in [5, 5.41) is 0. The molecule has 83 valence electrons. The zero-order chi connectivity index (χ0) is 11.4. The second kappa shape index (κ2) is 5.78. The fourth-order valence-electron chi connectivity index (χ4n) is 1.26. The quantitative estimate of drug-likeness (QED) is 0.831. The van der Waals surface area contributed by atoms with Gasteiger partial charge in [0, 0.05) is 0 Å². The first-order valence-corrected chi connectivity index (χ1v) is 6.83. The molecule has 2 aromatic rings. The third kappa shape index (κ3) is 3.05. The van der Waals surface area contributed by atoms with E-state index in [1.807, 2.05) is 24.3 Å². The predicted octanol–water partition coefficient (Wildman–Crippen LogP) is 4.47. The van der Waals surface area contributed by atoms with Gasteiger partial charge in [-0.05, 0) is 0 Å². The van der Waals surface area contributed by atoms with Crippen LogP contribution >= 0.6 is 27.7 Å². The van der Waals surface area contributed by atoms with Gasteiger partial charge in [-0.2, -0.15) is 0 Å². The van der Waals surface area contributed by atoms with Gasteiger partial charge in [0.25, 0.3) is 0 Å². The molecular formula is C12H9BrFeNS. The summed E-state index contributed by atoms with van der Waals surface area (Å²) in [4.78, 5) is 2.45. The van der Waals surface area contributed by atoms with Crippen molar-refractivity contribution in [2.24, 2.45) is 0 Å². The van der Waals surface area contributed by atoms with E-state index in [4.69, 9.17) is 0 Å². The summed E-state index contributed by atoms with van der Waals surface area (Å²) >= 11 is 8.89. The van der Waals surface area contributed by atoms with Crippen LogP contribution in [0.25, 0.3) is 0 Å². The van der Waals surface area contributed by atoms with Crippen molar-refractivity contribution >= 4 is 33.4 Å². The Morgan fingerprint density at radius 2 is 1.75 bits per heavy atom. The summed E-state index contributed by atoms with van der Waals surface area (Å²) < 4.78 is 3.91. The Bertz CT molecular complexity index is 476. The first-order chi connectivity index (χ1) is 7.79. The molecule has 0 saturated heterocycles. The number of hydrogen-bond donors (Lipinski definition) is 1. The third-order valence-corrected chi connectivity index (χ3v) is 3.97. The Morgan fingerprint density at radius 3 is 2.38 bits per heavy atom. The van der Waals surface area contributed by atoms with Gasteiger partial charge in [0.2, 0.25) is 0 Å². The van der Waals surface area contributed by atoms with E-state index in [0.29, 0.717) is 0 Å². The van der Waals surface area contributed by atoms with Gasteiger partial charge in [0.15, 0.2) is 0 Å². The summed E-state index contributed by atoms with van der Waals surface area (Å²) in [6, 6.07) is 16.5. The molecule has 0 aliphatic carbocycles. The van der Waals surface area contributed by atoms with E-state index in [0.717, 1.165) is 10.2 Å². The van der Waals surface area contributed by atoms with E-state index in [-0.39, 0.29) is 0 Å². The summed E-state index contributed by atoms with van der Waals surface area (Å²) in [6.07, 6.45) is 0. The topological polar surface area (TPSA) is 12.0 Å². The van der Waals surface area contributed by atoms with Crippen molar-refractivity contribution in [2.75, 3.05) is 4.33 Å². The monoisotopic (exact) mass is 334 g/mol. The normalized spacial score (nSPS) is 10.1. The number of hydrogen-bond acceptors (Lipinski definition) is 2. The van der Waals surface area contributed by atoms with Crippen LogP contribution in [-0.4, -0.2) is 0 Å². The second-order valence-corrected chi connectivity index (χ2v) is 5.42. The molecule has 2 rings (SSSR count). The molecule has 1 nitrogen and oxygen atoms in total. The molecule has 2 aromatic carbocycles. The van der Waals surface area contributed by atoms with Crippen molar-refractivity contribution in [3.63, 3.8) is 0 Å². The Balaban J connectivity index is 2.20. The molecule has 0 radical (unpaired) electrons. The van der Waals surface area contributed by atoms with Crippen LogP contribution in [0.5, 0.6) is 0 Å². The zero-order valence-electron chi connectivity index (χ0n) is 8.26. The van der Waals surface area contributed by atoms with E-state index in [1.165, 1.54) is 9.79 Å². The molecule has 0 fully saturated rings. The van der Waals surface area contributed by atoms with E-state index in [9.17, 15) is 0 Å². The number of anilines is 1. The van der Waals surface area contributed by atoms with Gasteiger partial charge in [-0.3, -0.25) is 0 Å². The number of halogens is 1. The number of benzene rings is 2. The molecule has 0 saturated carbocycles. The van der Waals surface area contributed by atoms with Crippen LogP contribution in [0.15, 0.2) is 62.8 Å². The van der Waals surface area contributed by atoms with Crippen LogP contribution in [-0.2, 0) is 16.2 Å². The van der Waals surface area contributed by atoms with Crippen LogP contribution in [0.3, 0.4) is 0 Å². The first-order valence-electron chi connectivity index (χ1n) is 4.67. The van der Waals surface area contributed by atoms with Crippen molar-refractivity contribution in [3.8, 4) is 0 Å². The summed E-state index contributed by atoms with van der Waals surface area (Å²) in [6.45, 7) is 0. The molecule has 16 heavy (non-hydrogen) atoms. The fourth-order valence-corrected chi connectivity index (χ4v) is 3.18. The average Bonchev–Trinajstić information content (AvgIpc) is 2.31. The summed E-state index contributed by atoms with van der Waals surface area (Å²) in [5.74, 6) is 0. The zero-order valence-corrected chi connectivity index (χ0v) is 11.8. The molecule has 0 amide bonds. The molecular weight excluding hydrogens is 326 g/mol. The van der Waals surface area contributed by atoms with Crippen molar-refractivity contribution in [1.29, 1.82) is 0 Å². The summed E-state index contributed by atoms with van der Waals surface area (Å²) in [7, 11) is 0. The average molecular weight is 335 g/mol. The third-order valence-electron chi connectivity index (χ3n) is 2.01. The SMILES string of the molecule is [Fe][NH]c1ccc(Sc2ccccc2)cc1Br. The molecule has 0 bridgehead atoms. The van der Waals surface area contributed by atoms with Gasteiger partial charge in [-0.1, -0.05) is 0 Å². The molecule has 0 aliphatic heterocycles. The molecule has 4 heteroatoms. The van der Waals surface area contributed by atoms with E-state index in [1.54, 1.807) is 11.8 Å². The Kier molecular flexibility index (Phi) is 4.36. The first kappa shape index (κ1) is 12.1. The Morgan fingerprint density at radius 1 is 1.00 bits per heavy atom. The molecule has 0 aliphatic rings. The number of rotatable bonds is 3. The van der Waals surface area contributed by atoms with Gasteiger partial charge in [-0.15, -0.1) is 0 Å². The summed E-state index contributed by atoms with van der Waals surface area (Å²) in [5.41, 5.74) is 0.998. The van der Waals surface area contributed by atoms with E-state index >= 15 is 0 Å². The van der Waals surface area contributed by atoms with Gasteiger partial charge in [0.05, 0.1) is 0 Å². The Hall–Kier alpha value is -0.411. The minimum atomic E-state index is 0.998. The predicted molar refractivity (Wildman–Crippen MR) is 68.3 cm³/mol. The second-order valence-electron chi connectivity index (χ2n) is 3.15. The fraction of sp³-hybridized carbons (Fsp3) is 0. The van der Waals surface area contributed by atoms with Crippen molar-refractivity contribution in [1.82, 2.24) is 0 Å². The van der Waals surface area contributed by atoms with E-state index < -0.39 is 0 Å². The molecule has 0 atom stereocenters. The van der Waals surface area contributed by atoms with Crippen LogP contribution in [0.1, 0.15) is 0 Å². The number of nitrogens with one attached hydrogen (secondary N) is 1. The maximum absolute atomic E-state index is 3.64. The van der Waals surface area contributed by atoms with Crippen LogP contribution in [0.4, 0.5) is 5.69 Å². The standard InChI is InChI=1S/C12H9BrNS.Fe/c13-11-8-10(6-7-12(11)14)15-9-4-2-1-3-5-9;/h1-8,14H;/q-1;+1. The Labute approximate surface area is 116 Å². The van der Waals surface area contributed by atoms with Gasteiger partial charge >= 0.3 is 117 Å². The van der Waals surface area contributed by atoms with Crippen LogP contribution in [0, 0.1) is 0 Å². The van der Waals surface area contributed by atoms with Crippen molar-refractivity contribution < 1.29 is 16.2 Å². The minimum absolute atomic E-state index is 0.998. The maximum atomic E-state index is 3.64. The van der Waals surface area contributed by atoms with Crippen molar-refractivity contribution in [3.05, 3.63) is 53.0 Å². The van der Waals surface area contributed by atoms with Crippen molar-refractivity contribution in [2.45, 2.75) is 9.79 Å². The molecule has 1 N–H and O–H groups in total. The molecule has 0 heterocycles. The van der Waals surface area contributed by atoms with Crippen LogP contribution < -0.4 is 4.33 Å². The molecule has 0 unspecified atom stereocenters.